The molecule has 0 radical (unpaired) electrons. The molecule has 2 aromatic rings. The summed E-state index contributed by atoms with van der Waals surface area (Å²) in [5.41, 5.74) is 0.137. The van der Waals surface area contributed by atoms with Crippen LogP contribution < -0.4 is 0 Å². The highest BCUT2D eigenvalue weighted by Gasteiger charge is 2.11. The maximum absolute atomic E-state index is 10.7. The van der Waals surface area contributed by atoms with Crippen LogP contribution in [0.2, 0.25) is 0 Å². The molecule has 0 fully saturated rings. The van der Waals surface area contributed by atoms with E-state index in [0.29, 0.717) is 18.3 Å². The molecule has 0 saturated carbocycles. The number of hydrogen-bond donors (Lipinski definition) is 1. The average molecular weight is 236 g/mol. The Bertz CT molecular complexity index is 529. The van der Waals surface area contributed by atoms with Crippen LogP contribution in [0.3, 0.4) is 0 Å². The molecule has 2 heterocycles. The summed E-state index contributed by atoms with van der Waals surface area (Å²) >= 11 is 0. The molecule has 1 N–H and O–H groups in total. The molecule has 0 atom stereocenters. The zero-order chi connectivity index (χ0) is 12.4. The zero-order valence-corrected chi connectivity index (χ0v) is 9.49. The molecule has 0 bridgehead atoms. The van der Waals surface area contributed by atoms with Gasteiger partial charge in [0.2, 0.25) is 5.89 Å². The molecule has 17 heavy (non-hydrogen) atoms. The number of aromatic nitrogens is 4. The normalized spacial score (nSPS) is 11.0. The number of carbonyl (C=O) groups is 1. The smallest absolute Gasteiger partial charge is 0.338 e. The quantitative estimate of drug-likeness (QED) is 0.855. The number of aromatic carboxylic acids is 1. The Balaban J connectivity index is 2.11. The zero-order valence-electron chi connectivity index (χ0n) is 9.49. The van der Waals surface area contributed by atoms with Crippen LogP contribution in [0.4, 0.5) is 0 Å². The monoisotopic (exact) mass is 236 g/mol. The van der Waals surface area contributed by atoms with Crippen LogP contribution in [0.25, 0.3) is 0 Å². The van der Waals surface area contributed by atoms with E-state index in [1.165, 1.54) is 17.1 Å². The maximum atomic E-state index is 10.7. The first kappa shape index (κ1) is 11.3. The Morgan fingerprint density at radius 1 is 1.59 bits per heavy atom. The average Bonchev–Trinajstić information content (AvgIpc) is 2.87. The SMILES string of the molecule is CC(C)c1nc(Cn2cc(C(=O)O)cn2)no1. The van der Waals surface area contributed by atoms with Crippen molar-refractivity contribution in [1.82, 2.24) is 19.9 Å². The van der Waals surface area contributed by atoms with Crippen molar-refractivity contribution >= 4 is 5.97 Å². The topological polar surface area (TPSA) is 94.0 Å². The lowest BCUT2D eigenvalue weighted by molar-refractivity contribution is 0.0697. The van der Waals surface area contributed by atoms with Crippen molar-refractivity contribution in [2.24, 2.45) is 0 Å². The Hall–Kier alpha value is -2.18. The van der Waals surface area contributed by atoms with Gasteiger partial charge in [0.15, 0.2) is 5.82 Å². The van der Waals surface area contributed by atoms with Crippen LogP contribution in [-0.2, 0) is 6.54 Å². The van der Waals surface area contributed by atoms with E-state index >= 15 is 0 Å². The van der Waals surface area contributed by atoms with Gasteiger partial charge < -0.3 is 9.63 Å². The minimum Gasteiger partial charge on any atom is -0.478 e. The van der Waals surface area contributed by atoms with Crippen LogP contribution in [0.15, 0.2) is 16.9 Å². The van der Waals surface area contributed by atoms with Crippen molar-refractivity contribution in [2.75, 3.05) is 0 Å². The maximum Gasteiger partial charge on any atom is 0.338 e. The Kier molecular flexibility index (Phi) is 2.90. The standard InChI is InChI=1S/C10H12N4O3/c1-6(2)9-12-8(13-17-9)5-14-4-7(3-11-14)10(15)16/h3-4,6H,5H2,1-2H3,(H,15,16). The highest BCUT2D eigenvalue weighted by molar-refractivity contribution is 5.86. The van der Waals surface area contributed by atoms with Crippen LogP contribution in [0, 0.1) is 0 Å². The van der Waals surface area contributed by atoms with Gasteiger partial charge in [-0.2, -0.15) is 10.1 Å². The highest BCUT2D eigenvalue weighted by Crippen LogP contribution is 2.11. The molecule has 0 amide bonds. The summed E-state index contributed by atoms with van der Waals surface area (Å²) in [5.74, 6) is 0.204. The van der Waals surface area contributed by atoms with E-state index in [1.807, 2.05) is 13.8 Å². The first-order valence-electron chi connectivity index (χ1n) is 5.14. The fourth-order valence-corrected chi connectivity index (χ4v) is 1.27. The third-order valence-corrected chi connectivity index (χ3v) is 2.16. The molecular weight excluding hydrogens is 224 g/mol. The van der Waals surface area contributed by atoms with E-state index in [0.717, 1.165) is 0 Å². The fraction of sp³-hybridized carbons (Fsp3) is 0.400. The Morgan fingerprint density at radius 2 is 2.35 bits per heavy atom. The lowest BCUT2D eigenvalue weighted by Crippen LogP contribution is -2.02. The van der Waals surface area contributed by atoms with Crippen molar-refractivity contribution in [3.8, 4) is 0 Å². The minimum absolute atomic E-state index is 0.137. The van der Waals surface area contributed by atoms with E-state index in [9.17, 15) is 4.79 Å². The molecule has 0 spiro atoms. The van der Waals surface area contributed by atoms with Crippen molar-refractivity contribution in [1.29, 1.82) is 0 Å². The van der Waals surface area contributed by atoms with Crippen LogP contribution in [-0.4, -0.2) is 31.0 Å². The molecule has 7 heteroatoms. The third-order valence-electron chi connectivity index (χ3n) is 2.16. The Labute approximate surface area is 97.1 Å². The predicted molar refractivity (Wildman–Crippen MR) is 56.7 cm³/mol. The van der Waals surface area contributed by atoms with Crippen LogP contribution in [0.5, 0.6) is 0 Å². The number of carboxylic acid groups (broad SMARTS) is 1. The molecule has 7 nitrogen and oxygen atoms in total. The highest BCUT2D eigenvalue weighted by atomic mass is 16.5. The third kappa shape index (κ3) is 2.49. The second kappa shape index (κ2) is 4.36. The fourth-order valence-electron chi connectivity index (χ4n) is 1.27. The van der Waals surface area contributed by atoms with Crippen molar-refractivity contribution < 1.29 is 14.4 Å². The summed E-state index contributed by atoms with van der Waals surface area (Å²) in [6.07, 6.45) is 2.71. The number of carboxylic acids is 1. The molecule has 2 rings (SSSR count). The summed E-state index contributed by atoms with van der Waals surface area (Å²) in [6.45, 7) is 4.20. The largest absolute Gasteiger partial charge is 0.478 e. The molecule has 0 aromatic carbocycles. The van der Waals surface area contributed by atoms with E-state index < -0.39 is 5.97 Å². The molecular formula is C10H12N4O3. The van der Waals surface area contributed by atoms with E-state index in [2.05, 4.69) is 15.2 Å². The van der Waals surface area contributed by atoms with Gasteiger partial charge in [0.05, 0.1) is 11.8 Å². The van der Waals surface area contributed by atoms with Crippen molar-refractivity contribution in [3.63, 3.8) is 0 Å². The molecule has 0 saturated heterocycles. The second-order valence-electron chi connectivity index (χ2n) is 3.94. The Morgan fingerprint density at radius 3 is 2.88 bits per heavy atom. The molecule has 0 aliphatic carbocycles. The summed E-state index contributed by atoms with van der Waals surface area (Å²) in [4.78, 5) is 14.8. The van der Waals surface area contributed by atoms with Crippen molar-refractivity contribution in [3.05, 3.63) is 29.7 Å². The van der Waals surface area contributed by atoms with Gasteiger partial charge in [0.1, 0.15) is 6.54 Å². The van der Waals surface area contributed by atoms with Crippen LogP contribution >= 0.6 is 0 Å². The minimum atomic E-state index is -1.01. The lowest BCUT2D eigenvalue weighted by atomic mass is 10.2. The van der Waals surface area contributed by atoms with Gasteiger partial charge in [-0.3, -0.25) is 4.68 Å². The van der Waals surface area contributed by atoms with E-state index in [1.54, 1.807) is 0 Å². The number of rotatable bonds is 4. The molecule has 90 valence electrons. The summed E-state index contributed by atoms with van der Waals surface area (Å²) in [7, 11) is 0. The molecule has 0 aliphatic rings. The number of nitrogens with zero attached hydrogens (tertiary/aromatic N) is 4. The summed E-state index contributed by atoms with van der Waals surface area (Å²) in [5, 5.41) is 16.4. The van der Waals surface area contributed by atoms with Gasteiger partial charge in [0, 0.05) is 12.1 Å². The van der Waals surface area contributed by atoms with E-state index in [4.69, 9.17) is 9.63 Å². The van der Waals surface area contributed by atoms with Gasteiger partial charge in [-0.15, -0.1) is 0 Å². The number of hydrogen-bond acceptors (Lipinski definition) is 5. The molecule has 0 unspecified atom stereocenters. The van der Waals surface area contributed by atoms with Crippen molar-refractivity contribution in [2.45, 2.75) is 26.3 Å². The van der Waals surface area contributed by atoms with Gasteiger partial charge in [-0.05, 0) is 0 Å². The summed E-state index contributed by atoms with van der Waals surface area (Å²) in [6, 6.07) is 0. The molecule has 2 aromatic heterocycles. The second-order valence-corrected chi connectivity index (χ2v) is 3.94. The lowest BCUT2D eigenvalue weighted by Gasteiger charge is -1.94. The van der Waals surface area contributed by atoms with Crippen LogP contribution in [0.1, 0.15) is 41.8 Å². The van der Waals surface area contributed by atoms with Gasteiger partial charge >= 0.3 is 5.97 Å². The van der Waals surface area contributed by atoms with Gasteiger partial charge in [-0.25, -0.2) is 4.79 Å². The first-order valence-corrected chi connectivity index (χ1v) is 5.14. The summed E-state index contributed by atoms with van der Waals surface area (Å²) < 4.78 is 6.49. The van der Waals surface area contributed by atoms with Gasteiger partial charge in [0.25, 0.3) is 0 Å². The first-order chi connectivity index (χ1) is 8.06. The predicted octanol–water partition coefficient (Wildman–Crippen LogP) is 1.14. The van der Waals surface area contributed by atoms with Gasteiger partial charge in [-0.1, -0.05) is 19.0 Å². The van der Waals surface area contributed by atoms with E-state index in [-0.39, 0.29) is 11.5 Å². The molecule has 0 aliphatic heterocycles.